The van der Waals surface area contributed by atoms with Gasteiger partial charge in [0.15, 0.2) is 5.78 Å². The van der Waals surface area contributed by atoms with Crippen LogP contribution in [0.5, 0.6) is 0 Å². The molecule has 2 aromatic carbocycles. The Kier molecular flexibility index (Phi) is 4.50. The molecule has 0 radical (unpaired) electrons. The monoisotopic (exact) mass is 378 g/mol. The smallest absolute Gasteiger partial charge is 0.169 e. The summed E-state index contributed by atoms with van der Waals surface area (Å²) in [6.45, 7) is 1.88. The van der Waals surface area contributed by atoms with Crippen LogP contribution in [0.2, 0.25) is 5.02 Å². The number of nitrogens with zero attached hydrogens (tertiary/aromatic N) is 1. The Labute approximate surface area is 160 Å². The first-order chi connectivity index (χ1) is 13.0. The van der Waals surface area contributed by atoms with Crippen LogP contribution in [0, 0.1) is 12.7 Å². The zero-order valence-corrected chi connectivity index (χ0v) is 15.3. The number of fused-ring (bicyclic) bond motifs is 1. The second-order valence-electron chi connectivity index (χ2n) is 6.50. The van der Waals surface area contributed by atoms with E-state index in [1.165, 1.54) is 12.1 Å². The fraction of sp³-hybridized carbons (Fsp3) is 0.0909. The van der Waals surface area contributed by atoms with Crippen molar-refractivity contribution in [2.45, 2.75) is 13.3 Å². The second kappa shape index (κ2) is 6.97. The molecule has 0 aliphatic carbocycles. The maximum Gasteiger partial charge on any atom is 0.169 e. The average molecular weight is 379 g/mol. The minimum atomic E-state index is -0.274. The van der Waals surface area contributed by atoms with E-state index in [0.29, 0.717) is 10.6 Å². The summed E-state index contributed by atoms with van der Waals surface area (Å²) < 4.78 is 13.1. The Morgan fingerprint density at radius 1 is 1.15 bits per heavy atom. The van der Waals surface area contributed by atoms with Crippen LogP contribution in [0.1, 0.15) is 21.5 Å². The van der Waals surface area contributed by atoms with Gasteiger partial charge in [0.2, 0.25) is 0 Å². The van der Waals surface area contributed by atoms with Gasteiger partial charge in [0.25, 0.3) is 0 Å². The number of rotatable bonds is 4. The number of aromatic nitrogens is 2. The third-order valence-corrected chi connectivity index (χ3v) is 4.86. The molecule has 2 heterocycles. The van der Waals surface area contributed by atoms with Crippen molar-refractivity contribution in [3.63, 3.8) is 0 Å². The SMILES string of the molecule is Cc1cccc(Cl)c1C(=O)Cc1cnc2[nH]c(-c3ccc(F)cc3)cc2c1. The van der Waals surface area contributed by atoms with Gasteiger partial charge in [-0.05, 0) is 66.1 Å². The highest BCUT2D eigenvalue weighted by molar-refractivity contribution is 6.34. The summed E-state index contributed by atoms with van der Waals surface area (Å²) in [5.41, 5.74) is 4.68. The van der Waals surface area contributed by atoms with E-state index in [9.17, 15) is 9.18 Å². The van der Waals surface area contributed by atoms with Crippen molar-refractivity contribution in [1.29, 1.82) is 0 Å². The normalized spacial score (nSPS) is 11.1. The first kappa shape index (κ1) is 17.4. The Morgan fingerprint density at radius 3 is 2.67 bits per heavy atom. The lowest BCUT2D eigenvalue weighted by Gasteiger charge is -2.07. The molecule has 0 aliphatic rings. The number of H-pyrrole nitrogens is 1. The molecule has 134 valence electrons. The molecule has 1 N–H and O–H groups in total. The van der Waals surface area contributed by atoms with E-state index >= 15 is 0 Å². The topological polar surface area (TPSA) is 45.8 Å². The summed E-state index contributed by atoms with van der Waals surface area (Å²) in [7, 11) is 0. The maximum atomic E-state index is 13.1. The molecular weight excluding hydrogens is 363 g/mol. The summed E-state index contributed by atoms with van der Waals surface area (Å²) in [6, 6.07) is 15.6. The largest absolute Gasteiger partial charge is 0.339 e. The number of aromatic amines is 1. The highest BCUT2D eigenvalue weighted by atomic mass is 35.5. The van der Waals surface area contributed by atoms with Gasteiger partial charge in [0.1, 0.15) is 11.5 Å². The number of Topliss-reactive ketones (excluding diaryl/α,β-unsaturated/α-hetero) is 1. The molecule has 2 aromatic heterocycles. The number of hydrogen-bond acceptors (Lipinski definition) is 2. The predicted molar refractivity (Wildman–Crippen MR) is 106 cm³/mol. The van der Waals surface area contributed by atoms with E-state index in [1.807, 2.05) is 31.2 Å². The van der Waals surface area contributed by atoms with Crippen molar-refractivity contribution >= 4 is 28.4 Å². The maximum absolute atomic E-state index is 13.1. The fourth-order valence-electron chi connectivity index (χ4n) is 3.20. The van der Waals surface area contributed by atoms with E-state index in [-0.39, 0.29) is 18.0 Å². The second-order valence-corrected chi connectivity index (χ2v) is 6.91. The lowest BCUT2D eigenvalue weighted by atomic mass is 9.99. The van der Waals surface area contributed by atoms with Gasteiger partial charge in [-0.2, -0.15) is 0 Å². The summed E-state index contributed by atoms with van der Waals surface area (Å²) in [5.74, 6) is -0.308. The Bertz CT molecular complexity index is 1130. The highest BCUT2D eigenvalue weighted by Gasteiger charge is 2.15. The van der Waals surface area contributed by atoms with Crippen LogP contribution < -0.4 is 0 Å². The molecule has 0 amide bonds. The minimum absolute atomic E-state index is 0.0338. The number of carbonyl (C=O) groups excluding carboxylic acids is 1. The lowest BCUT2D eigenvalue weighted by Crippen LogP contribution is -2.06. The van der Waals surface area contributed by atoms with E-state index in [2.05, 4.69) is 9.97 Å². The molecule has 27 heavy (non-hydrogen) atoms. The summed E-state index contributed by atoms with van der Waals surface area (Å²) in [6.07, 6.45) is 1.92. The van der Waals surface area contributed by atoms with Gasteiger partial charge >= 0.3 is 0 Å². The number of carbonyl (C=O) groups is 1. The molecule has 4 rings (SSSR count). The molecule has 0 saturated carbocycles. The van der Waals surface area contributed by atoms with E-state index in [1.54, 1.807) is 24.4 Å². The van der Waals surface area contributed by atoms with E-state index in [4.69, 9.17) is 11.6 Å². The highest BCUT2D eigenvalue weighted by Crippen LogP contribution is 2.25. The van der Waals surface area contributed by atoms with Gasteiger partial charge in [-0.25, -0.2) is 9.37 Å². The van der Waals surface area contributed by atoms with Crippen LogP contribution in [0.25, 0.3) is 22.3 Å². The van der Waals surface area contributed by atoms with Crippen molar-refractivity contribution < 1.29 is 9.18 Å². The van der Waals surface area contributed by atoms with Gasteiger partial charge in [-0.15, -0.1) is 0 Å². The van der Waals surface area contributed by atoms with Crippen molar-refractivity contribution in [3.05, 3.63) is 88.3 Å². The molecule has 0 atom stereocenters. The van der Waals surface area contributed by atoms with Crippen LogP contribution in [0.4, 0.5) is 4.39 Å². The molecule has 0 unspecified atom stereocenters. The van der Waals surface area contributed by atoms with E-state index < -0.39 is 0 Å². The number of aryl methyl sites for hydroxylation is 1. The van der Waals surface area contributed by atoms with Crippen molar-refractivity contribution in [2.24, 2.45) is 0 Å². The molecule has 4 aromatic rings. The molecule has 5 heteroatoms. The molecule has 0 bridgehead atoms. The van der Waals surface area contributed by atoms with Crippen molar-refractivity contribution in [3.8, 4) is 11.3 Å². The Hall–Kier alpha value is -2.98. The van der Waals surface area contributed by atoms with Crippen LogP contribution in [0.3, 0.4) is 0 Å². The zero-order valence-electron chi connectivity index (χ0n) is 14.6. The molecule has 0 fully saturated rings. The van der Waals surface area contributed by atoms with Gasteiger partial charge in [-0.1, -0.05) is 23.7 Å². The zero-order chi connectivity index (χ0) is 19.0. The number of hydrogen-bond donors (Lipinski definition) is 1. The molecule has 0 saturated heterocycles. The minimum Gasteiger partial charge on any atom is -0.339 e. The van der Waals surface area contributed by atoms with Gasteiger partial charge in [-0.3, -0.25) is 4.79 Å². The Morgan fingerprint density at radius 2 is 1.93 bits per heavy atom. The standard InChI is InChI=1S/C22H16ClFN2O/c1-13-3-2-4-18(23)21(13)20(27)10-14-9-16-11-19(26-22(16)25-12-14)15-5-7-17(24)8-6-15/h2-9,11-12H,10H2,1H3,(H,25,26). The van der Waals surface area contributed by atoms with Gasteiger partial charge in [0.05, 0.1) is 5.02 Å². The molecule has 0 aliphatic heterocycles. The number of pyridine rings is 1. The third kappa shape index (κ3) is 3.49. The van der Waals surface area contributed by atoms with Crippen LogP contribution in [-0.2, 0) is 6.42 Å². The van der Waals surface area contributed by atoms with Crippen LogP contribution in [0.15, 0.2) is 60.8 Å². The molecule has 3 nitrogen and oxygen atoms in total. The predicted octanol–water partition coefficient (Wildman–Crippen LogP) is 5.76. The quantitative estimate of drug-likeness (QED) is 0.459. The van der Waals surface area contributed by atoms with Crippen molar-refractivity contribution in [1.82, 2.24) is 9.97 Å². The lowest BCUT2D eigenvalue weighted by molar-refractivity contribution is 0.0992. The van der Waals surface area contributed by atoms with Crippen LogP contribution in [-0.4, -0.2) is 15.8 Å². The first-order valence-corrected chi connectivity index (χ1v) is 8.91. The Balaban J connectivity index is 1.64. The average Bonchev–Trinajstić information content (AvgIpc) is 3.05. The summed E-state index contributed by atoms with van der Waals surface area (Å²) >= 11 is 6.20. The number of nitrogens with one attached hydrogen (secondary N) is 1. The number of ketones is 1. The van der Waals surface area contributed by atoms with Crippen molar-refractivity contribution in [2.75, 3.05) is 0 Å². The van der Waals surface area contributed by atoms with Gasteiger partial charge in [0, 0.05) is 29.3 Å². The number of benzene rings is 2. The summed E-state index contributed by atoms with van der Waals surface area (Å²) in [5, 5.41) is 1.37. The molecular formula is C22H16ClFN2O. The first-order valence-electron chi connectivity index (χ1n) is 8.53. The van der Waals surface area contributed by atoms with E-state index in [0.717, 1.165) is 33.4 Å². The summed E-state index contributed by atoms with van der Waals surface area (Å²) in [4.78, 5) is 20.3. The van der Waals surface area contributed by atoms with Crippen LogP contribution >= 0.6 is 11.6 Å². The molecule has 0 spiro atoms. The fourth-order valence-corrected chi connectivity index (χ4v) is 3.53. The van der Waals surface area contributed by atoms with Gasteiger partial charge < -0.3 is 4.98 Å². The third-order valence-electron chi connectivity index (χ3n) is 4.55. The number of halogens is 2.